The van der Waals surface area contributed by atoms with Crippen molar-refractivity contribution >= 4 is 0 Å². The predicted molar refractivity (Wildman–Crippen MR) is 53.5 cm³/mol. The first-order valence-corrected chi connectivity index (χ1v) is 5.30. The molecule has 1 saturated heterocycles. The van der Waals surface area contributed by atoms with Gasteiger partial charge in [-0.05, 0) is 18.8 Å². The van der Waals surface area contributed by atoms with Crippen LogP contribution >= 0.6 is 0 Å². The molecule has 0 aromatic rings. The molecule has 0 spiro atoms. The number of hydrogen-bond acceptors (Lipinski definition) is 2. The van der Waals surface area contributed by atoms with Gasteiger partial charge >= 0.3 is 0 Å². The molecule has 13 heavy (non-hydrogen) atoms. The third-order valence-corrected chi connectivity index (χ3v) is 3.59. The van der Waals surface area contributed by atoms with Gasteiger partial charge in [0.1, 0.15) is 0 Å². The zero-order chi connectivity index (χ0) is 10.0. The van der Waals surface area contributed by atoms with Gasteiger partial charge in [-0.15, -0.1) is 0 Å². The molecule has 78 valence electrons. The number of ether oxygens (including phenoxy) is 2. The minimum absolute atomic E-state index is 0.00667. The van der Waals surface area contributed by atoms with Crippen LogP contribution in [0.4, 0.5) is 0 Å². The molecule has 1 rings (SSSR count). The molecular weight excluding hydrogens is 164 g/mol. The fourth-order valence-corrected chi connectivity index (χ4v) is 2.48. The molecule has 5 atom stereocenters. The third kappa shape index (κ3) is 2.05. The lowest BCUT2D eigenvalue weighted by molar-refractivity contribution is -0.235. The Bertz CT molecular complexity index is 158. The fraction of sp³-hybridized carbons (Fsp3) is 1.00. The molecule has 0 N–H and O–H groups in total. The second-order valence-corrected chi connectivity index (χ2v) is 4.24. The van der Waals surface area contributed by atoms with E-state index in [1.165, 1.54) is 6.42 Å². The predicted octanol–water partition coefficient (Wildman–Crippen LogP) is 2.68. The Morgan fingerprint density at radius 1 is 1.15 bits per heavy atom. The van der Waals surface area contributed by atoms with Crippen LogP contribution in [0.25, 0.3) is 0 Å². The Morgan fingerprint density at radius 2 is 1.77 bits per heavy atom. The summed E-state index contributed by atoms with van der Waals surface area (Å²) in [5, 5.41) is 0. The van der Waals surface area contributed by atoms with Crippen LogP contribution in [0.15, 0.2) is 0 Å². The third-order valence-electron chi connectivity index (χ3n) is 3.59. The van der Waals surface area contributed by atoms with Crippen molar-refractivity contribution in [2.75, 3.05) is 7.11 Å². The van der Waals surface area contributed by atoms with Crippen LogP contribution in [-0.4, -0.2) is 19.5 Å². The molecule has 0 aromatic carbocycles. The monoisotopic (exact) mass is 186 g/mol. The van der Waals surface area contributed by atoms with Gasteiger partial charge in [-0.3, -0.25) is 0 Å². The van der Waals surface area contributed by atoms with Gasteiger partial charge in [0.15, 0.2) is 6.29 Å². The summed E-state index contributed by atoms with van der Waals surface area (Å²) in [5.41, 5.74) is 0. The molecular formula is C11H22O2. The van der Waals surface area contributed by atoms with Gasteiger partial charge < -0.3 is 9.47 Å². The lowest BCUT2D eigenvalue weighted by Crippen LogP contribution is -2.45. The van der Waals surface area contributed by atoms with Crippen molar-refractivity contribution in [2.24, 2.45) is 17.8 Å². The summed E-state index contributed by atoms with van der Waals surface area (Å²) in [6, 6.07) is 0. The van der Waals surface area contributed by atoms with Crippen LogP contribution in [0.2, 0.25) is 0 Å². The molecule has 0 amide bonds. The van der Waals surface area contributed by atoms with E-state index in [4.69, 9.17) is 9.47 Å². The van der Waals surface area contributed by atoms with Crippen LogP contribution in [0.5, 0.6) is 0 Å². The molecule has 1 aliphatic rings. The Kier molecular flexibility index (Phi) is 3.74. The lowest BCUT2D eigenvalue weighted by Gasteiger charge is -2.42. The summed E-state index contributed by atoms with van der Waals surface area (Å²) in [4.78, 5) is 0. The highest BCUT2D eigenvalue weighted by Crippen LogP contribution is 2.36. The van der Waals surface area contributed by atoms with E-state index in [-0.39, 0.29) is 6.29 Å². The van der Waals surface area contributed by atoms with Gasteiger partial charge in [0.2, 0.25) is 0 Å². The van der Waals surface area contributed by atoms with Crippen molar-refractivity contribution in [2.45, 2.75) is 46.5 Å². The number of rotatable bonds is 2. The van der Waals surface area contributed by atoms with Crippen molar-refractivity contribution in [3.8, 4) is 0 Å². The minimum atomic E-state index is -0.00667. The van der Waals surface area contributed by atoms with Gasteiger partial charge in [0, 0.05) is 13.0 Å². The van der Waals surface area contributed by atoms with Crippen molar-refractivity contribution in [1.82, 2.24) is 0 Å². The summed E-state index contributed by atoms with van der Waals surface area (Å²) >= 11 is 0. The van der Waals surface area contributed by atoms with Gasteiger partial charge in [-0.2, -0.15) is 0 Å². The van der Waals surface area contributed by atoms with E-state index >= 15 is 0 Å². The Hall–Kier alpha value is -0.0800. The van der Waals surface area contributed by atoms with Crippen LogP contribution in [0.1, 0.15) is 34.1 Å². The molecule has 0 aromatic heterocycles. The van der Waals surface area contributed by atoms with Crippen molar-refractivity contribution in [3.05, 3.63) is 0 Å². The maximum atomic E-state index is 5.80. The van der Waals surface area contributed by atoms with Gasteiger partial charge in [-0.1, -0.05) is 27.2 Å². The van der Waals surface area contributed by atoms with Crippen LogP contribution in [0, 0.1) is 17.8 Å². The van der Waals surface area contributed by atoms with Crippen molar-refractivity contribution in [3.63, 3.8) is 0 Å². The first-order valence-electron chi connectivity index (χ1n) is 5.30. The highest BCUT2D eigenvalue weighted by Gasteiger charge is 2.38. The van der Waals surface area contributed by atoms with E-state index in [1.807, 2.05) is 0 Å². The summed E-state index contributed by atoms with van der Waals surface area (Å²) < 4.78 is 11.1. The SMILES string of the molecule is CCC1C(C)OC(OC)C(C)C1C. The largest absolute Gasteiger partial charge is 0.356 e. The van der Waals surface area contributed by atoms with Crippen molar-refractivity contribution in [1.29, 1.82) is 0 Å². The molecule has 0 bridgehead atoms. The van der Waals surface area contributed by atoms with Crippen LogP contribution < -0.4 is 0 Å². The Balaban J connectivity index is 2.66. The summed E-state index contributed by atoms with van der Waals surface area (Å²) in [5.74, 6) is 1.88. The van der Waals surface area contributed by atoms with Crippen LogP contribution in [0.3, 0.4) is 0 Å². The maximum Gasteiger partial charge on any atom is 0.160 e. The fourth-order valence-electron chi connectivity index (χ4n) is 2.48. The lowest BCUT2D eigenvalue weighted by atomic mass is 9.77. The molecule has 0 aliphatic carbocycles. The molecule has 0 saturated carbocycles. The highest BCUT2D eigenvalue weighted by molar-refractivity contribution is 4.82. The molecule has 1 heterocycles. The van der Waals surface area contributed by atoms with E-state index in [9.17, 15) is 0 Å². The van der Waals surface area contributed by atoms with Gasteiger partial charge in [0.05, 0.1) is 6.10 Å². The van der Waals surface area contributed by atoms with Crippen LogP contribution in [-0.2, 0) is 9.47 Å². The van der Waals surface area contributed by atoms with Gasteiger partial charge in [-0.25, -0.2) is 0 Å². The second kappa shape index (κ2) is 4.43. The van der Waals surface area contributed by atoms with E-state index in [0.29, 0.717) is 23.9 Å². The van der Waals surface area contributed by atoms with E-state index in [1.54, 1.807) is 7.11 Å². The number of methoxy groups -OCH3 is 1. The molecule has 2 heteroatoms. The summed E-state index contributed by atoms with van der Waals surface area (Å²) in [6.45, 7) is 8.92. The summed E-state index contributed by atoms with van der Waals surface area (Å²) in [7, 11) is 1.73. The van der Waals surface area contributed by atoms with Gasteiger partial charge in [0.25, 0.3) is 0 Å². The first-order chi connectivity index (χ1) is 6.11. The minimum Gasteiger partial charge on any atom is -0.356 e. The standard InChI is InChI=1S/C11H22O2/c1-6-10-7(2)8(3)11(12-5)13-9(10)4/h7-11H,6H2,1-5H3. The normalized spacial score (nSPS) is 46.4. The smallest absolute Gasteiger partial charge is 0.160 e. The number of hydrogen-bond donors (Lipinski definition) is 0. The Labute approximate surface area is 81.6 Å². The van der Waals surface area contributed by atoms with E-state index in [0.717, 1.165) is 0 Å². The molecule has 5 unspecified atom stereocenters. The Morgan fingerprint density at radius 3 is 2.23 bits per heavy atom. The topological polar surface area (TPSA) is 18.5 Å². The van der Waals surface area contributed by atoms with E-state index in [2.05, 4.69) is 27.7 Å². The average Bonchev–Trinajstić information content (AvgIpc) is 2.12. The zero-order valence-corrected chi connectivity index (χ0v) is 9.41. The maximum absolute atomic E-state index is 5.80. The molecule has 1 aliphatic heterocycles. The summed E-state index contributed by atoms with van der Waals surface area (Å²) in [6.07, 6.45) is 1.53. The van der Waals surface area contributed by atoms with E-state index < -0.39 is 0 Å². The second-order valence-electron chi connectivity index (χ2n) is 4.24. The quantitative estimate of drug-likeness (QED) is 0.660. The average molecular weight is 186 g/mol. The van der Waals surface area contributed by atoms with Crippen molar-refractivity contribution < 1.29 is 9.47 Å². The molecule has 1 fully saturated rings. The molecule has 2 nitrogen and oxygen atoms in total. The first kappa shape index (κ1) is 11.0. The zero-order valence-electron chi connectivity index (χ0n) is 9.41. The highest BCUT2D eigenvalue weighted by atomic mass is 16.7. The molecule has 0 radical (unpaired) electrons.